The molecule has 1 spiro atoms. The lowest BCUT2D eigenvalue weighted by molar-refractivity contribution is -0.344. The number of rotatable bonds is 5. The number of nitrogens with one attached hydrogen (secondary N) is 1. The lowest BCUT2D eigenvalue weighted by atomic mass is 9.86. The molecule has 2 aliphatic rings. The van der Waals surface area contributed by atoms with E-state index in [1.165, 1.54) is 6.20 Å². The van der Waals surface area contributed by atoms with Gasteiger partial charge in [-0.15, -0.1) is 5.10 Å². The molecule has 0 radical (unpaired) electrons. The number of halogens is 4. The zero-order chi connectivity index (χ0) is 29.8. The van der Waals surface area contributed by atoms with Gasteiger partial charge in [0.25, 0.3) is 5.91 Å². The molecule has 4 aromatic rings. The van der Waals surface area contributed by atoms with Crippen molar-refractivity contribution in [2.24, 2.45) is 0 Å². The number of aromatic nitrogens is 3. The van der Waals surface area contributed by atoms with Crippen molar-refractivity contribution < 1.29 is 42.8 Å². The lowest BCUT2D eigenvalue weighted by Gasteiger charge is -2.49. The molecule has 0 bridgehead atoms. The van der Waals surface area contributed by atoms with Crippen molar-refractivity contribution >= 4 is 28.3 Å². The monoisotopic (exact) mass is 604 g/mol. The molecule has 42 heavy (non-hydrogen) atoms. The molecule has 0 saturated carbocycles. The first-order valence-corrected chi connectivity index (χ1v) is 13.3. The molecule has 1 aromatic heterocycles. The molecule has 2 saturated heterocycles. The number of carbonyl (C=O) groups excluding carboxylic acids is 1. The first-order chi connectivity index (χ1) is 20.1. The molecule has 2 aliphatic heterocycles. The highest BCUT2D eigenvalue weighted by Gasteiger charge is 2.62. The number of aliphatic hydroxyl groups is 3. The minimum Gasteiger partial charge on any atom is -0.394 e. The van der Waals surface area contributed by atoms with E-state index in [0.717, 1.165) is 27.6 Å². The number of amides is 1. The zero-order valence-electron chi connectivity index (χ0n) is 21.6. The smallest absolute Gasteiger partial charge is 0.251 e. The van der Waals surface area contributed by atoms with Gasteiger partial charge in [0.2, 0.25) is 5.79 Å². The van der Waals surface area contributed by atoms with Crippen molar-refractivity contribution in [1.82, 2.24) is 20.3 Å². The predicted octanol–water partition coefficient (Wildman–Crippen LogP) is 2.74. The van der Waals surface area contributed by atoms with E-state index in [2.05, 4.69) is 15.6 Å². The average Bonchev–Trinajstić information content (AvgIpc) is 3.61. The van der Waals surface area contributed by atoms with Crippen LogP contribution in [0.4, 0.5) is 13.2 Å². The molecule has 6 atom stereocenters. The molecule has 0 aliphatic carbocycles. The standard InChI is InChI=1S/C28H24ClF3N4O6/c29-17-4-3-13-7-15(2-1-14(13)8-17)27(40)33-22-5-6-41-28(22)26(39)24(25(38)21(12-37)42-28)36-11-20(34-35-36)16-9-18(30)23(32)19(31)10-16/h1-4,7-11,21-22,24-26,37-39H,5-6,12H2,(H,33,40)/t21-,22-,24+,25+,26-,28+/m1/s1. The van der Waals surface area contributed by atoms with Crippen LogP contribution in [0.5, 0.6) is 0 Å². The second-order valence-corrected chi connectivity index (χ2v) is 10.6. The summed E-state index contributed by atoms with van der Waals surface area (Å²) < 4.78 is 53.9. The van der Waals surface area contributed by atoms with Crippen molar-refractivity contribution in [3.8, 4) is 11.3 Å². The Morgan fingerprint density at radius 3 is 2.55 bits per heavy atom. The fraction of sp³-hybridized carbons (Fsp3) is 0.321. The summed E-state index contributed by atoms with van der Waals surface area (Å²) >= 11 is 6.05. The van der Waals surface area contributed by atoms with Crippen LogP contribution >= 0.6 is 11.6 Å². The molecule has 2 fully saturated rings. The average molecular weight is 605 g/mol. The van der Waals surface area contributed by atoms with E-state index in [9.17, 15) is 33.3 Å². The summed E-state index contributed by atoms with van der Waals surface area (Å²) in [6.45, 7) is -0.616. The lowest BCUT2D eigenvalue weighted by Crippen LogP contribution is -2.69. The molecule has 10 nitrogen and oxygen atoms in total. The van der Waals surface area contributed by atoms with Crippen molar-refractivity contribution in [1.29, 1.82) is 0 Å². The van der Waals surface area contributed by atoms with Gasteiger partial charge in [0, 0.05) is 16.1 Å². The second-order valence-electron chi connectivity index (χ2n) is 10.2. The summed E-state index contributed by atoms with van der Waals surface area (Å²) in [5.74, 6) is -6.90. The highest BCUT2D eigenvalue weighted by Crippen LogP contribution is 2.43. The Hall–Kier alpha value is -3.59. The van der Waals surface area contributed by atoms with Gasteiger partial charge >= 0.3 is 0 Å². The maximum Gasteiger partial charge on any atom is 0.251 e. The van der Waals surface area contributed by atoms with Gasteiger partial charge in [-0.3, -0.25) is 4.79 Å². The molecule has 3 aromatic carbocycles. The number of ether oxygens (including phenoxy) is 2. The van der Waals surface area contributed by atoms with E-state index in [1.807, 2.05) is 0 Å². The van der Waals surface area contributed by atoms with Crippen LogP contribution in [0.25, 0.3) is 22.0 Å². The third-order valence-corrected chi connectivity index (χ3v) is 7.90. The number of hydrogen-bond acceptors (Lipinski definition) is 8. The van der Waals surface area contributed by atoms with Gasteiger partial charge in [0.05, 0.1) is 25.5 Å². The van der Waals surface area contributed by atoms with Crippen LogP contribution in [0.15, 0.2) is 54.7 Å². The Morgan fingerprint density at radius 1 is 1.10 bits per heavy atom. The molecular weight excluding hydrogens is 581 g/mol. The first-order valence-electron chi connectivity index (χ1n) is 13.0. The van der Waals surface area contributed by atoms with E-state index in [0.29, 0.717) is 10.6 Å². The van der Waals surface area contributed by atoms with Gasteiger partial charge in [-0.1, -0.05) is 28.9 Å². The third kappa shape index (κ3) is 4.81. The Bertz CT molecular complexity index is 1650. The summed E-state index contributed by atoms with van der Waals surface area (Å²) in [5.41, 5.74) is 0.109. The topological polar surface area (TPSA) is 139 Å². The van der Waals surface area contributed by atoms with Gasteiger partial charge < -0.3 is 30.1 Å². The first kappa shape index (κ1) is 28.5. The van der Waals surface area contributed by atoms with Gasteiger partial charge in [-0.05, 0) is 53.6 Å². The quantitative estimate of drug-likeness (QED) is 0.255. The van der Waals surface area contributed by atoms with Gasteiger partial charge in [-0.2, -0.15) is 0 Å². The van der Waals surface area contributed by atoms with Crippen LogP contribution in [-0.2, 0) is 9.47 Å². The van der Waals surface area contributed by atoms with E-state index in [-0.39, 0.29) is 24.3 Å². The van der Waals surface area contributed by atoms with Crippen LogP contribution in [0, 0.1) is 17.5 Å². The Balaban J connectivity index is 1.30. The number of carbonyl (C=O) groups is 1. The molecule has 220 valence electrons. The Morgan fingerprint density at radius 2 is 1.81 bits per heavy atom. The summed E-state index contributed by atoms with van der Waals surface area (Å²) in [4.78, 5) is 13.3. The maximum atomic E-state index is 13.8. The number of benzene rings is 3. The van der Waals surface area contributed by atoms with Gasteiger partial charge in [0.15, 0.2) is 17.5 Å². The minimum absolute atomic E-state index is 0.0654. The van der Waals surface area contributed by atoms with Crippen molar-refractivity contribution in [2.75, 3.05) is 13.2 Å². The molecule has 1 amide bonds. The normalized spacial score (nSPS) is 27.5. The molecular formula is C28H24ClF3N4O6. The third-order valence-electron chi connectivity index (χ3n) is 7.67. The summed E-state index contributed by atoms with van der Waals surface area (Å²) in [7, 11) is 0. The zero-order valence-corrected chi connectivity index (χ0v) is 22.4. The van der Waals surface area contributed by atoms with Gasteiger partial charge in [-0.25, -0.2) is 17.9 Å². The van der Waals surface area contributed by atoms with Crippen LogP contribution < -0.4 is 5.32 Å². The summed E-state index contributed by atoms with van der Waals surface area (Å²) in [6.07, 6.45) is -3.07. The maximum absolute atomic E-state index is 13.8. The van der Waals surface area contributed by atoms with E-state index in [1.54, 1.807) is 36.4 Å². The molecule has 3 heterocycles. The SMILES string of the molecule is O=C(N[C@@H]1CCO[C@]12O[C@H](CO)[C@H](O)[C@H](n1cc(-c3cc(F)c(F)c(F)c3)nn1)[C@H]2O)c1ccc2cc(Cl)ccc2c1. The largest absolute Gasteiger partial charge is 0.394 e. The van der Waals surface area contributed by atoms with Crippen molar-refractivity contribution in [3.63, 3.8) is 0 Å². The van der Waals surface area contributed by atoms with Gasteiger partial charge in [0.1, 0.15) is 30.0 Å². The molecule has 6 rings (SSSR count). The predicted molar refractivity (Wildman–Crippen MR) is 142 cm³/mol. The fourth-order valence-electron chi connectivity index (χ4n) is 5.54. The Labute approximate surface area is 241 Å². The van der Waals surface area contributed by atoms with Crippen LogP contribution in [0.2, 0.25) is 5.02 Å². The number of fused-ring (bicyclic) bond motifs is 1. The number of nitrogens with zero attached hydrogens (tertiary/aromatic N) is 3. The van der Waals surface area contributed by atoms with E-state index < -0.39 is 66.1 Å². The number of aliphatic hydroxyl groups excluding tert-OH is 3. The van der Waals surface area contributed by atoms with E-state index >= 15 is 0 Å². The highest BCUT2D eigenvalue weighted by atomic mass is 35.5. The second kappa shape index (κ2) is 10.9. The summed E-state index contributed by atoms with van der Waals surface area (Å²) in [6, 6.07) is 9.51. The minimum atomic E-state index is -1.91. The molecule has 4 N–H and O–H groups in total. The highest BCUT2D eigenvalue weighted by molar-refractivity contribution is 6.31. The summed E-state index contributed by atoms with van der Waals surface area (Å²) in [5, 5.41) is 45.4. The number of hydrogen-bond donors (Lipinski definition) is 4. The van der Waals surface area contributed by atoms with Crippen LogP contribution in [0.1, 0.15) is 22.8 Å². The molecule has 14 heteroatoms. The van der Waals surface area contributed by atoms with Crippen LogP contribution in [-0.4, -0.2) is 79.6 Å². The Kier molecular flexibility index (Phi) is 7.41. The van der Waals surface area contributed by atoms with Crippen LogP contribution in [0.3, 0.4) is 0 Å². The molecule has 0 unspecified atom stereocenters. The van der Waals surface area contributed by atoms with Crippen molar-refractivity contribution in [3.05, 3.63) is 82.8 Å². The van der Waals surface area contributed by atoms with E-state index in [4.69, 9.17) is 21.1 Å². The fourth-order valence-corrected chi connectivity index (χ4v) is 5.72. The van der Waals surface area contributed by atoms with Crippen molar-refractivity contribution in [2.45, 2.75) is 42.6 Å².